The van der Waals surface area contributed by atoms with Gasteiger partial charge >= 0.3 is 0 Å². The van der Waals surface area contributed by atoms with Crippen LogP contribution >= 0.6 is 0 Å². The third-order valence-electron chi connectivity index (χ3n) is 3.76. The highest BCUT2D eigenvalue weighted by molar-refractivity contribution is 4.95. The molecular weight excluding hydrogens is 188 g/mol. The summed E-state index contributed by atoms with van der Waals surface area (Å²) in [6.45, 7) is 9.17. The lowest BCUT2D eigenvalue weighted by atomic mass is 9.72. The first-order valence-electron chi connectivity index (χ1n) is 5.73. The highest BCUT2D eigenvalue weighted by Gasteiger charge is 2.50. The Morgan fingerprint density at radius 3 is 2.00 bits per heavy atom. The van der Waals surface area contributed by atoms with Crippen LogP contribution in [-0.2, 0) is 5.21 Å². The summed E-state index contributed by atoms with van der Waals surface area (Å²) in [6, 6.07) is 0.540. The molecule has 0 amide bonds. The summed E-state index contributed by atoms with van der Waals surface area (Å²) < 4.78 is 0.935. The van der Waals surface area contributed by atoms with E-state index in [0.717, 1.165) is 10.9 Å². The molecule has 0 N–H and O–H groups in total. The predicted molar refractivity (Wildman–Crippen MR) is 61.7 cm³/mol. The van der Waals surface area contributed by atoms with Crippen molar-refractivity contribution in [3.05, 3.63) is 0 Å². The van der Waals surface area contributed by atoms with Crippen LogP contribution in [0.5, 0.6) is 0 Å². The minimum Gasteiger partial charge on any atom is -0.328 e. The zero-order chi connectivity index (χ0) is 12.1. The zero-order valence-electron chi connectivity index (χ0n) is 11.3. The number of hydrogen-bond acceptors (Lipinski definition) is 1. The van der Waals surface area contributed by atoms with Crippen molar-refractivity contribution in [2.75, 3.05) is 27.7 Å². The minimum absolute atomic E-state index is 0.0928. The topological polar surface area (TPSA) is 23.1 Å². The number of quaternary nitrogens is 1. The van der Waals surface area contributed by atoms with Gasteiger partial charge in [-0.3, -0.25) is 0 Å². The van der Waals surface area contributed by atoms with Crippen LogP contribution in [0.2, 0.25) is 0 Å². The Kier molecular flexibility index (Phi) is 2.97. The Morgan fingerprint density at radius 1 is 1.13 bits per heavy atom. The Morgan fingerprint density at radius 2 is 1.60 bits per heavy atom. The second-order valence-corrected chi connectivity index (χ2v) is 7.17. The second kappa shape index (κ2) is 3.44. The largest absolute Gasteiger partial charge is 0.328 e. The summed E-state index contributed by atoms with van der Waals surface area (Å²) in [7, 11) is 6.68. The van der Waals surface area contributed by atoms with E-state index >= 15 is 0 Å². The van der Waals surface area contributed by atoms with Gasteiger partial charge in [-0.2, -0.15) is 0 Å². The smallest absolute Gasteiger partial charge is 0.0967 e. The van der Waals surface area contributed by atoms with Crippen molar-refractivity contribution in [3.63, 3.8) is 0 Å². The fraction of sp³-hybridized carbons (Fsp3) is 1.00. The fourth-order valence-electron chi connectivity index (χ4n) is 2.86. The van der Waals surface area contributed by atoms with E-state index in [1.807, 2.05) is 0 Å². The molecule has 1 heterocycles. The van der Waals surface area contributed by atoms with E-state index in [4.69, 9.17) is 0 Å². The summed E-state index contributed by atoms with van der Waals surface area (Å²) >= 11 is 0. The number of hydroxylamine groups is 2. The standard InChI is InChI=1S/C12H26N2O/c1-11(2)9-13(15)12(3,4)8-10(11)14(5,6)7/h10H,8-9H2,1-7H3/q+1. The minimum atomic E-state index is -0.217. The molecule has 1 fully saturated rings. The molecule has 1 radical (unpaired) electrons. The van der Waals surface area contributed by atoms with Crippen LogP contribution < -0.4 is 0 Å². The molecule has 1 saturated heterocycles. The first kappa shape index (κ1) is 12.9. The molecular formula is C12H26N2O+. The van der Waals surface area contributed by atoms with Gasteiger partial charge in [-0.15, -0.1) is 10.3 Å². The van der Waals surface area contributed by atoms with Gasteiger partial charge in [0.2, 0.25) is 0 Å². The van der Waals surface area contributed by atoms with E-state index in [1.54, 1.807) is 0 Å². The van der Waals surface area contributed by atoms with Crippen LogP contribution in [-0.4, -0.2) is 48.8 Å². The molecule has 0 aromatic heterocycles. The molecule has 0 aromatic rings. The molecule has 1 atom stereocenters. The molecule has 1 aliphatic heterocycles. The highest BCUT2D eigenvalue weighted by atomic mass is 16.5. The maximum absolute atomic E-state index is 11.9. The van der Waals surface area contributed by atoms with Crippen LogP contribution in [0.1, 0.15) is 34.1 Å². The van der Waals surface area contributed by atoms with Crippen molar-refractivity contribution in [2.45, 2.75) is 45.7 Å². The van der Waals surface area contributed by atoms with Crippen LogP contribution in [0.4, 0.5) is 0 Å². The molecule has 1 unspecified atom stereocenters. The lowest BCUT2D eigenvalue weighted by Crippen LogP contribution is -2.65. The molecule has 1 rings (SSSR count). The summed E-state index contributed by atoms with van der Waals surface area (Å²) in [6.07, 6.45) is 0.965. The first-order chi connectivity index (χ1) is 6.47. The summed E-state index contributed by atoms with van der Waals surface area (Å²) in [5, 5.41) is 13.2. The van der Waals surface area contributed by atoms with Crippen molar-refractivity contribution in [1.82, 2.24) is 5.06 Å². The normalized spacial score (nSPS) is 31.6. The highest BCUT2D eigenvalue weighted by Crippen LogP contribution is 2.40. The Bertz CT molecular complexity index is 240. The van der Waals surface area contributed by atoms with E-state index in [1.165, 1.54) is 5.06 Å². The molecule has 0 bridgehead atoms. The zero-order valence-corrected chi connectivity index (χ0v) is 11.3. The molecule has 0 spiro atoms. The van der Waals surface area contributed by atoms with E-state index in [0.29, 0.717) is 12.6 Å². The second-order valence-electron chi connectivity index (χ2n) is 7.17. The van der Waals surface area contributed by atoms with E-state index < -0.39 is 0 Å². The van der Waals surface area contributed by atoms with Gasteiger partial charge in [0.15, 0.2) is 0 Å². The van der Waals surface area contributed by atoms with Crippen molar-refractivity contribution in [2.24, 2.45) is 5.41 Å². The van der Waals surface area contributed by atoms with Crippen molar-refractivity contribution in [3.8, 4) is 0 Å². The lowest BCUT2D eigenvalue weighted by Gasteiger charge is -2.53. The van der Waals surface area contributed by atoms with Crippen molar-refractivity contribution in [1.29, 1.82) is 0 Å². The average molecular weight is 214 g/mol. The van der Waals surface area contributed by atoms with Crippen LogP contribution in [0.3, 0.4) is 0 Å². The van der Waals surface area contributed by atoms with Gasteiger partial charge in [0, 0.05) is 23.9 Å². The third kappa shape index (κ3) is 2.52. The van der Waals surface area contributed by atoms with Crippen LogP contribution in [0.25, 0.3) is 0 Å². The lowest BCUT2D eigenvalue weighted by molar-refractivity contribution is -0.906. The van der Waals surface area contributed by atoms with Crippen molar-refractivity contribution < 1.29 is 9.69 Å². The maximum Gasteiger partial charge on any atom is 0.0967 e. The Balaban J connectivity index is 2.97. The maximum atomic E-state index is 11.9. The quantitative estimate of drug-likeness (QED) is 0.612. The van der Waals surface area contributed by atoms with E-state index in [9.17, 15) is 5.21 Å². The molecule has 3 nitrogen and oxygen atoms in total. The summed E-state index contributed by atoms with van der Waals surface area (Å²) in [5.41, 5.74) is -0.124. The monoisotopic (exact) mass is 214 g/mol. The van der Waals surface area contributed by atoms with Crippen molar-refractivity contribution >= 4 is 0 Å². The van der Waals surface area contributed by atoms with Gasteiger partial charge in [-0.25, -0.2) is 0 Å². The number of hydrogen-bond donors (Lipinski definition) is 0. The van der Waals surface area contributed by atoms with Crippen LogP contribution in [0, 0.1) is 5.41 Å². The van der Waals surface area contributed by atoms with Gasteiger partial charge in [-0.05, 0) is 13.8 Å². The molecule has 3 heteroatoms. The number of piperidine rings is 1. The fourth-order valence-corrected chi connectivity index (χ4v) is 2.86. The molecule has 1 aliphatic rings. The van der Waals surface area contributed by atoms with Gasteiger partial charge in [0.05, 0.1) is 27.2 Å². The van der Waals surface area contributed by atoms with E-state index in [-0.39, 0.29) is 11.0 Å². The Labute approximate surface area is 94.2 Å². The molecule has 0 aromatic carbocycles. The molecule has 15 heavy (non-hydrogen) atoms. The first-order valence-corrected chi connectivity index (χ1v) is 5.73. The van der Waals surface area contributed by atoms with Gasteiger partial charge in [0.25, 0.3) is 0 Å². The van der Waals surface area contributed by atoms with Gasteiger partial charge in [-0.1, -0.05) is 13.8 Å². The summed E-state index contributed by atoms with van der Waals surface area (Å²) in [4.78, 5) is 0. The SMILES string of the molecule is CC1(C)CN([O])C(C)(C)CC1[N+](C)(C)C. The van der Waals surface area contributed by atoms with Crippen LogP contribution in [0.15, 0.2) is 0 Å². The summed E-state index contributed by atoms with van der Waals surface area (Å²) in [5.74, 6) is 0. The van der Waals surface area contributed by atoms with Gasteiger partial charge < -0.3 is 4.48 Å². The Hall–Kier alpha value is -0.120. The molecule has 0 aliphatic carbocycles. The predicted octanol–water partition coefficient (Wildman–Crippen LogP) is 1.92. The average Bonchev–Trinajstić information content (AvgIpc) is 1.94. The number of rotatable bonds is 1. The number of nitrogens with zero attached hydrogens (tertiary/aromatic N) is 2. The molecule has 0 saturated carbocycles. The van der Waals surface area contributed by atoms with Gasteiger partial charge in [0.1, 0.15) is 0 Å². The third-order valence-corrected chi connectivity index (χ3v) is 3.76. The molecule has 89 valence electrons. The van der Waals surface area contributed by atoms with E-state index in [2.05, 4.69) is 48.8 Å².